The van der Waals surface area contributed by atoms with Gasteiger partial charge in [-0.2, -0.15) is 0 Å². The molecule has 1 rings (SSSR count). The molecule has 0 spiro atoms. The van der Waals surface area contributed by atoms with E-state index in [1.165, 1.54) is 0 Å². The van der Waals surface area contributed by atoms with Crippen LogP contribution in [0.25, 0.3) is 0 Å². The lowest BCUT2D eigenvalue weighted by Crippen LogP contribution is -2.45. The zero-order valence-electron chi connectivity index (χ0n) is 21.1. The molecule has 32 heavy (non-hydrogen) atoms. The largest absolute Gasteiger partial charge is 0.481 e. The van der Waals surface area contributed by atoms with Crippen LogP contribution in [-0.4, -0.2) is 42.5 Å². The third-order valence-electron chi connectivity index (χ3n) is 6.94. The fourth-order valence-electron chi connectivity index (χ4n) is 3.87. The minimum absolute atomic E-state index is 0.0406. The summed E-state index contributed by atoms with van der Waals surface area (Å²) < 4.78 is 6.67. The average molecular weight is 467 g/mol. The highest BCUT2D eigenvalue weighted by molar-refractivity contribution is 6.74. The lowest BCUT2D eigenvalue weighted by molar-refractivity contribution is -0.137. The van der Waals surface area contributed by atoms with E-state index in [4.69, 9.17) is 9.53 Å². The van der Waals surface area contributed by atoms with Crippen molar-refractivity contribution in [2.45, 2.75) is 116 Å². The Labute approximate surface area is 196 Å². The average Bonchev–Trinajstić information content (AvgIpc) is 2.95. The summed E-state index contributed by atoms with van der Waals surface area (Å²) in [6.45, 7) is 13.2. The third-order valence-corrected chi connectivity index (χ3v) is 11.4. The maximum atomic E-state index is 12.9. The smallest absolute Gasteiger partial charge is 0.303 e. The number of allylic oxidation sites excluding steroid dienone is 2. The monoisotopic (exact) mass is 466 g/mol. The Balaban J connectivity index is 2.91. The van der Waals surface area contributed by atoms with Gasteiger partial charge in [-0.15, -0.1) is 0 Å². The molecular formula is C26H46O5Si. The predicted molar refractivity (Wildman–Crippen MR) is 133 cm³/mol. The molecule has 0 radical (unpaired) electrons. The summed E-state index contributed by atoms with van der Waals surface area (Å²) in [4.78, 5) is 23.6. The molecule has 0 bridgehead atoms. The Bertz CT molecular complexity index is 647. The molecule has 1 fully saturated rings. The number of aliphatic hydroxyl groups excluding tert-OH is 1. The molecule has 0 aromatic carbocycles. The van der Waals surface area contributed by atoms with Gasteiger partial charge in [0, 0.05) is 24.7 Å². The maximum Gasteiger partial charge on any atom is 0.303 e. The van der Waals surface area contributed by atoms with Crippen LogP contribution in [-0.2, 0) is 14.0 Å². The second-order valence-corrected chi connectivity index (χ2v) is 15.5. The topological polar surface area (TPSA) is 83.8 Å². The highest BCUT2D eigenvalue weighted by Crippen LogP contribution is 2.42. The van der Waals surface area contributed by atoms with Crippen molar-refractivity contribution in [3.05, 3.63) is 24.3 Å². The Kier molecular flexibility index (Phi) is 12.1. The molecule has 4 atom stereocenters. The van der Waals surface area contributed by atoms with Crippen LogP contribution in [0.1, 0.15) is 85.5 Å². The number of unbranched alkanes of at least 4 members (excludes halogenated alkanes) is 3. The number of carboxylic acids is 1. The van der Waals surface area contributed by atoms with E-state index >= 15 is 0 Å². The van der Waals surface area contributed by atoms with E-state index in [1.807, 2.05) is 24.3 Å². The molecule has 184 valence electrons. The lowest BCUT2D eigenvalue weighted by Gasteiger charge is -2.39. The van der Waals surface area contributed by atoms with Crippen LogP contribution in [0.4, 0.5) is 0 Å². The molecule has 1 saturated carbocycles. The van der Waals surface area contributed by atoms with Crippen molar-refractivity contribution in [1.29, 1.82) is 0 Å². The number of carboxylic acid groups (broad SMARTS) is 1. The van der Waals surface area contributed by atoms with E-state index in [0.29, 0.717) is 25.7 Å². The van der Waals surface area contributed by atoms with Crippen LogP contribution in [0.5, 0.6) is 0 Å². The fourth-order valence-corrected chi connectivity index (χ4v) is 5.22. The molecule has 1 aliphatic carbocycles. The number of carbonyl (C=O) groups is 2. The Morgan fingerprint density at radius 1 is 1.22 bits per heavy atom. The van der Waals surface area contributed by atoms with Gasteiger partial charge in [-0.25, -0.2) is 0 Å². The van der Waals surface area contributed by atoms with Crippen molar-refractivity contribution in [3.8, 4) is 0 Å². The quantitative estimate of drug-likeness (QED) is 0.179. The third kappa shape index (κ3) is 9.71. The van der Waals surface area contributed by atoms with Crippen molar-refractivity contribution in [3.63, 3.8) is 0 Å². The van der Waals surface area contributed by atoms with Crippen molar-refractivity contribution >= 4 is 20.1 Å². The first-order valence-electron chi connectivity index (χ1n) is 12.3. The van der Waals surface area contributed by atoms with Gasteiger partial charge in [-0.3, -0.25) is 9.59 Å². The van der Waals surface area contributed by atoms with Crippen molar-refractivity contribution in [2.24, 2.45) is 11.8 Å². The zero-order chi connectivity index (χ0) is 24.4. The standard InChI is InChI=1S/C26H46O5Si/c1-7-8-11-14-20(27)17-18-22-21(15-12-9-10-13-16-25(29)30)23(28)19-24(22)31-32(5,6)26(2,3)4/h9,12,17-18,20-22,24,27H,7-8,10-11,13-16,19H2,1-6H3,(H,29,30)/t20?,21-,22-,24?/m1/s1. The maximum absolute atomic E-state index is 12.9. The van der Waals surface area contributed by atoms with Gasteiger partial charge >= 0.3 is 5.97 Å². The lowest BCUT2D eigenvalue weighted by atomic mass is 9.90. The van der Waals surface area contributed by atoms with Gasteiger partial charge < -0.3 is 14.6 Å². The molecule has 2 unspecified atom stereocenters. The molecule has 6 heteroatoms. The summed E-state index contributed by atoms with van der Waals surface area (Å²) in [6, 6.07) is 0. The van der Waals surface area contributed by atoms with Crippen molar-refractivity contribution < 1.29 is 24.2 Å². The van der Waals surface area contributed by atoms with Crippen LogP contribution in [0.15, 0.2) is 24.3 Å². The van der Waals surface area contributed by atoms with Gasteiger partial charge in [-0.1, -0.05) is 71.3 Å². The number of carbonyl (C=O) groups excluding carboxylic acids is 1. The number of hydrogen-bond acceptors (Lipinski definition) is 4. The van der Waals surface area contributed by atoms with Gasteiger partial charge in [0.05, 0.1) is 12.2 Å². The van der Waals surface area contributed by atoms with E-state index in [2.05, 4.69) is 40.8 Å². The molecule has 0 saturated heterocycles. The predicted octanol–water partition coefficient (Wildman–Crippen LogP) is 6.28. The number of aliphatic hydroxyl groups is 1. The van der Waals surface area contributed by atoms with Gasteiger partial charge in [0.2, 0.25) is 0 Å². The first-order valence-corrected chi connectivity index (χ1v) is 15.2. The summed E-state index contributed by atoms with van der Waals surface area (Å²) in [6.07, 6.45) is 13.8. The van der Waals surface area contributed by atoms with Gasteiger partial charge in [-0.05, 0) is 43.8 Å². The van der Waals surface area contributed by atoms with Gasteiger partial charge in [0.25, 0.3) is 0 Å². The molecular weight excluding hydrogens is 420 g/mol. The molecule has 1 aliphatic rings. The number of hydrogen-bond donors (Lipinski definition) is 2. The highest BCUT2D eigenvalue weighted by atomic mass is 28.4. The SMILES string of the molecule is CCCCCC(O)C=C[C@H]1C(O[Si](C)(C)C(C)(C)C)CC(=O)[C@@H]1CC=CCCCC(=O)O. The summed E-state index contributed by atoms with van der Waals surface area (Å²) in [5, 5.41) is 19.2. The minimum Gasteiger partial charge on any atom is -0.481 e. The molecule has 5 nitrogen and oxygen atoms in total. The van der Waals surface area contributed by atoms with Crippen LogP contribution >= 0.6 is 0 Å². The molecule has 0 amide bonds. The summed E-state index contributed by atoms with van der Waals surface area (Å²) in [7, 11) is -2.03. The molecule has 0 heterocycles. The normalized spacial score (nSPS) is 23.5. The molecule has 0 aromatic heterocycles. The number of ketones is 1. The molecule has 0 aromatic rings. The minimum atomic E-state index is -2.03. The second-order valence-electron chi connectivity index (χ2n) is 10.7. The van der Waals surface area contributed by atoms with E-state index < -0.39 is 20.4 Å². The van der Waals surface area contributed by atoms with Crippen LogP contribution in [0, 0.1) is 11.8 Å². The highest BCUT2D eigenvalue weighted by Gasteiger charge is 2.46. The first-order chi connectivity index (χ1) is 14.9. The van der Waals surface area contributed by atoms with E-state index in [0.717, 1.165) is 25.7 Å². The fraction of sp³-hybridized carbons (Fsp3) is 0.769. The second kappa shape index (κ2) is 13.5. The summed E-state index contributed by atoms with van der Waals surface area (Å²) in [5.41, 5.74) is 0. The van der Waals surface area contributed by atoms with Gasteiger partial charge in [0.15, 0.2) is 8.32 Å². The number of aliphatic carboxylic acids is 1. The van der Waals surface area contributed by atoms with E-state index in [-0.39, 0.29) is 35.2 Å². The Hall–Kier alpha value is -1.24. The van der Waals surface area contributed by atoms with Crippen molar-refractivity contribution in [2.75, 3.05) is 0 Å². The zero-order valence-corrected chi connectivity index (χ0v) is 22.1. The van der Waals surface area contributed by atoms with E-state index in [9.17, 15) is 14.7 Å². The van der Waals surface area contributed by atoms with Crippen LogP contribution in [0.2, 0.25) is 18.1 Å². The van der Waals surface area contributed by atoms with Crippen LogP contribution in [0.3, 0.4) is 0 Å². The number of rotatable bonds is 14. The van der Waals surface area contributed by atoms with Gasteiger partial charge in [0.1, 0.15) is 5.78 Å². The summed E-state index contributed by atoms with van der Waals surface area (Å²) in [5.74, 6) is -0.752. The molecule has 0 aliphatic heterocycles. The molecule has 2 N–H and O–H groups in total. The van der Waals surface area contributed by atoms with E-state index in [1.54, 1.807) is 0 Å². The summed E-state index contributed by atoms with van der Waals surface area (Å²) >= 11 is 0. The Morgan fingerprint density at radius 2 is 1.91 bits per heavy atom. The van der Waals surface area contributed by atoms with Crippen LogP contribution < -0.4 is 0 Å². The first kappa shape index (κ1) is 28.8. The number of Topliss-reactive ketones (excluding diaryl/α,β-unsaturated/α-hetero) is 1. The van der Waals surface area contributed by atoms with Crippen molar-refractivity contribution in [1.82, 2.24) is 0 Å². The Morgan fingerprint density at radius 3 is 2.50 bits per heavy atom.